The maximum atomic E-state index is 12.7. The first kappa shape index (κ1) is 19.1. The van der Waals surface area contributed by atoms with E-state index in [0.717, 1.165) is 22.5 Å². The van der Waals surface area contributed by atoms with Crippen LogP contribution in [0.15, 0.2) is 79.0 Å². The molecule has 0 bridgehead atoms. The van der Waals surface area contributed by atoms with Crippen LogP contribution in [0.25, 0.3) is 11.3 Å². The molecule has 0 saturated carbocycles. The van der Waals surface area contributed by atoms with Gasteiger partial charge in [-0.15, -0.1) is 0 Å². The molecule has 1 aromatic heterocycles. The number of nitrogens with zero attached hydrogens (tertiary/aromatic N) is 2. The van der Waals surface area contributed by atoms with Crippen molar-refractivity contribution in [1.82, 2.24) is 15.1 Å². The number of aryl methyl sites for hydroxylation is 2. The van der Waals surface area contributed by atoms with Crippen LogP contribution in [0.4, 0.5) is 5.69 Å². The van der Waals surface area contributed by atoms with Crippen LogP contribution in [0, 0.1) is 13.8 Å². The van der Waals surface area contributed by atoms with Gasteiger partial charge in [-0.05, 0) is 48.7 Å². The molecular weight excluding hydrogens is 384 g/mol. The summed E-state index contributed by atoms with van der Waals surface area (Å²) in [6.45, 7) is 4.88. The minimum Gasteiger partial charge on any atom is -0.361 e. The lowest BCUT2D eigenvalue weighted by molar-refractivity contribution is 0.0936. The molecule has 4 aromatic rings. The first-order chi connectivity index (χ1) is 15.1. The number of hydrogen-bond acceptors (Lipinski definition) is 3. The van der Waals surface area contributed by atoms with E-state index in [1.54, 1.807) is 0 Å². The fourth-order valence-electron chi connectivity index (χ4n) is 3.98. The van der Waals surface area contributed by atoms with E-state index in [4.69, 9.17) is 5.10 Å². The van der Waals surface area contributed by atoms with E-state index >= 15 is 0 Å². The van der Waals surface area contributed by atoms with Crippen LogP contribution in [-0.4, -0.2) is 15.7 Å². The number of benzene rings is 3. The molecule has 1 atom stereocenters. The Hall–Kier alpha value is -3.86. The second kappa shape index (κ2) is 7.76. The summed E-state index contributed by atoms with van der Waals surface area (Å²) in [5.74, 6) is -0.0822. The zero-order valence-electron chi connectivity index (χ0n) is 17.6. The van der Waals surface area contributed by atoms with Crippen molar-refractivity contribution in [2.75, 3.05) is 5.32 Å². The van der Waals surface area contributed by atoms with Crippen LogP contribution in [0.1, 0.15) is 38.8 Å². The molecule has 0 spiro atoms. The third kappa shape index (κ3) is 3.70. The molecule has 0 unspecified atom stereocenters. The summed E-state index contributed by atoms with van der Waals surface area (Å²) in [5.41, 5.74) is 7.98. The average Bonchev–Trinajstić information content (AvgIpc) is 3.20. The Morgan fingerprint density at radius 3 is 2.48 bits per heavy atom. The summed E-state index contributed by atoms with van der Waals surface area (Å²) >= 11 is 0. The summed E-state index contributed by atoms with van der Waals surface area (Å²) in [5, 5.41) is 11.5. The van der Waals surface area contributed by atoms with E-state index in [1.165, 1.54) is 16.7 Å². The molecule has 1 aliphatic heterocycles. The highest BCUT2D eigenvalue weighted by Gasteiger charge is 2.28. The van der Waals surface area contributed by atoms with E-state index in [9.17, 15) is 4.79 Å². The summed E-state index contributed by atoms with van der Waals surface area (Å²) in [7, 11) is 0. The molecular formula is C26H24N4O. The van der Waals surface area contributed by atoms with Crippen LogP contribution < -0.4 is 10.6 Å². The first-order valence-corrected chi connectivity index (χ1v) is 10.4. The fourth-order valence-corrected chi connectivity index (χ4v) is 3.98. The zero-order chi connectivity index (χ0) is 21.4. The van der Waals surface area contributed by atoms with Crippen LogP contribution in [0.3, 0.4) is 0 Å². The Morgan fingerprint density at radius 2 is 1.68 bits per heavy atom. The predicted molar refractivity (Wildman–Crippen MR) is 123 cm³/mol. The smallest absolute Gasteiger partial charge is 0.255 e. The summed E-state index contributed by atoms with van der Waals surface area (Å²) in [6.07, 6.45) is 1.67. The molecule has 0 radical (unpaired) electrons. The second-order valence-corrected chi connectivity index (χ2v) is 8.01. The van der Waals surface area contributed by atoms with Crippen LogP contribution in [0.5, 0.6) is 0 Å². The van der Waals surface area contributed by atoms with E-state index in [-0.39, 0.29) is 12.1 Å². The number of fused-ring (bicyclic) bond motifs is 1. The van der Waals surface area contributed by atoms with Crippen molar-refractivity contribution in [1.29, 1.82) is 0 Å². The van der Waals surface area contributed by atoms with Gasteiger partial charge in [-0.3, -0.25) is 9.48 Å². The number of para-hydroxylation sites is 1. The molecule has 1 aliphatic rings. The van der Waals surface area contributed by atoms with Crippen molar-refractivity contribution < 1.29 is 4.79 Å². The number of anilines is 1. The van der Waals surface area contributed by atoms with Crippen LogP contribution in [-0.2, 0) is 6.54 Å². The Balaban J connectivity index is 1.58. The normalized spacial score (nSPS) is 15.2. The van der Waals surface area contributed by atoms with Crippen LogP contribution >= 0.6 is 0 Å². The summed E-state index contributed by atoms with van der Waals surface area (Å²) in [6, 6.07) is 24.2. The SMILES string of the molecule is Cc1ccc(-c2nn(Cc3ccccc3)cc2[C@@H]2NC(=O)c3ccccc3N2)cc1C. The van der Waals surface area contributed by atoms with Gasteiger partial charge in [-0.25, -0.2) is 0 Å². The lowest BCUT2D eigenvalue weighted by Crippen LogP contribution is -2.38. The van der Waals surface area contributed by atoms with E-state index in [2.05, 4.69) is 54.8 Å². The molecule has 31 heavy (non-hydrogen) atoms. The minimum atomic E-state index is -0.358. The largest absolute Gasteiger partial charge is 0.361 e. The van der Waals surface area contributed by atoms with Gasteiger partial charge in [0.05, 0.1) is 17.8 Å². The molecule has 2 heterocycles. The fraction of sp³-hybridized carbons (Fsp3) is 0.154. The topological polar surface area (TPSA) is 59.0 Å². The Labute approximate surface area is 181 Å². The van der Waals surface area contributed by atoms with Crippen molar-refractivity contribution in [3.63, 3.8) is 0 Å². The number of amides is 1. The molecule has 154 valence electrons. The number of aromatic nitrogens is 2. The lowest BCUT2D eigenvalue weighted by atomic mass is 10.00. The van der Waals surface area contributed by atoms with E-state index in [1.807, 2.05) is 53.3 Å². The van der Waals surface area contributed by atoms with E-state index < -0.39 is 0 Å². The van der Waals surface area contributed by atoms with Gasteiger partial charge in [0.2, 0.25) is 0 Å². The Kier molecular flexibility index (Phi) is 4.79. The second-order valence-electron chi connectivity index (χ2n) is 8.01. The van der Waals surface area contributed by atoms with Gasteiger partial charge in [-0.1, -0.05) is 54.6 Å². The predicted octanol–water partition coefficient (Wildman–Crippen LogP) is 5.07. The molecule has 0 fully saturated rings. The van der Waals surface area contributed by atoms with Crippen molar-refractivity contribution >= 4 is 11.6 Å². The average molecular weight is 409 g/mol. The molecule has 5 rings (SSSR count). The highest BCUT2D eigenvalue weighted by Crippen LogP contribution is 2.32. The summed E-state index contributed by atoms with van der Waals surface area (Å²) in [4.78, 5) is 12.7. The van der Waals surface area contributed by atoms with Gasteiger partial charge in [-0.2, -0.15) is 5.10 Å². The highest BCUT2D eigenvalue weighted by atomic mass is 16.2. The van der Waals surface area contributed by atoms with Crippen molar-refractivity contribution in [3.05, 3.63) is 107 Å². The van der Waals surface area contributed by atoms with Crippen molar-refractivity contribution in [3.8, 4) is 11.3 Å². The van der Waals surface area contributed by atoms with Gasteiger partial charge in [0, 0.05) is 23.0 Å². The van der Waals surface area contributed by atoms with E-state index in [0.29, 0.717) is 12.1 Å². The Bertz CT molecular complexity index is 1260. The molecule has 0 aliphatic carbocycles. The van der Waals surface area contributed by atoms with Crippen molar-refractivity contribution in [2.24, 2.45) is 0 Å². The molecule has 5 heteroatoms. The highest BCUT2D eigenvalue weighted by molar-refractivity contribution is 6.01. The van der Waals surface area contributed by atoms with Gasteiger partial charge < -0.3 is 10.6 Å². The molecule has 2 N–H and O–H groups in total. The minimum absolute atomic E-state index is 0.0822. The standard InChI is InChI=1S/C26H24N4O/c1-17-12-13-20(14-18(17)2)24-22(16-30(29-24)15-19-8-4-3-5-9-19)25-27-23-11-7-6-10-21(23)26(31)28-25/h3-14,16,25,27H,15H2,1-2H3,(H,28,31)/t25-/m0/s1. The Morgan fingerprint density at radius 1 is 0.903 bits per heavy atom. The number of carbonyl (C=O) groups is 1. The number of rotatable bonds is 4. The van der Waals surface area contributed by atoms with Gasteiger partial charge in [0.25, 0.3) is 5.91 Å². The lowest BCUT2D eigenvalue weighted by Gasteiger charge is -2.27. The van der Waals surface area contributed by atoms with Gasteiger partial charge in [0.1, 0.15) is 6.17 Å². The number of hydrogen-bond donors (Lipinski definition) is 2. The monoisotopic (exact) mass is 408 g/mol. The zero-order valence-corrected chi connectivity index (χ0v) is 17.6. The molecule has 1 amide bonds. The molecule has 3 aromatic carbocycles. The van der Waals surface area contributed by atoms with Crippen LogP contribution in [0.2, 0.25) is 0 Å². The molecule has 0 saturated heterocycles. The maximum Gasteiger partial charge on any atom is 0.255 e. The molecule has 5 nitrogen and oxygen atoms in total. The quantitative estimate of drug-likeness (QED) is 0.496. The van der Waals surface area contributed by atoms with Crippen molar-refractivity contribution in [2.45, 2.75) is 26.6 Å². The van der Waals surface area contributed by atoms with Gasteiger partial charge in [0.15, 0.2) is 0 Å². The maximum absolute atomic E-state index is 12.7. The van der Waals surface area contributed by atoms with Gasteiger partial charge >= 0.3 is 0 Å². The summed E-state index contributed by atoms with van der Waals surface area (Å²) < 4.78 is 1.95. The first-order valence-electron chi connectivity index (χ1n) is 10.4. The third-order valence-corrected chi connectivity index (χ3v) is 5.82. The number of nitrogens with one attached hydrogen (secondary N) is 2. The number of carbonyl (C=O) groups excluding carboxylic acids is 1. The third-order valence-electron chi connectivity index (χ3n) is 5.82.